The number of aryl methyl sites for hydroxylation is 1. The summed E-state index contributed by atoms with van der Waals surface area (Å²) < 4.78 is 13.8. The van der Waals surface area contributed by atoms with E-state index in [9.17, 15) is 14.0 Å². The molecule has 1 fully saturated rings. The Morgan fingerprint density at radius 1 is 0.756 bits per heavy atom. The summed E-state index contributed by atoms with van der Waals surface area (Å²) in [5.74, 6) is -0.394. The first-order valence-corrected chi connectivity index (χ1v) is 16.4. The van der Waals surface area contributed by atoms with Crippen molar-refractivity contribution >= 4 is 17.5 Å². The Balaban J connectivity index is 1.43. The summed E-state index contributed by atoms with van der Waals surface area (Å²) in [6.07, 6.45) is 1.66. The highest BCUT2D eigenvalue weighted by Crippen LogP contribution is 2.29. The number of nitrogens with zero attached hydrogens (tertiary/aromatic N) is 5. The van der Waals surface area contributed by atoms with E-state index in [4.69, 9.17) is 0 Å². The largest absolute Gasteiger partial charge is 0.337 e. The number of hydrogen-bond donors (Lipinski definition) is 0. The number of benzene rings is 3. The zero-order valence-electron chi connectivity index (χ0n) is 27.1. The number of rotatable bonds is 6. The second kappa shape index (κ2) is 15.6. The first-order valence-electron chi connectivity index (χ1n) is 16.4. The minimum absolute atomic E-state index is 0.128. The monoisotopic (exact) mass is 613 g/mol. The molecule has 1 saturated heterocycles. The molecule has 8 heteroatoms. The number of carbonyl (C=O) groups is 2. The van der Waals surface area contributed by atoms with Crippen LogP contribution in [-0.2, 0) is 17.9 Å². The second-order valence-electron chi connectivity index (χ2n) is 12.7. The van der Waals surface area contributed by atoms with Crippen molar-refractivity contribution in [1.29, 1.82) is 0 Å². The minimum atomic E-state index is -0.367. The van der Waals surface area contributed by atoms with E-state index in [1.54, 1.807) is 12.1 Å². The van der Waals surface area contributed by atoms with Crippen LogP contribution >= 0.6 is 0 Å². The van der Waals surface area contributed by atoms with Gasteiger partial charge in [0.25, 0.3) is 5.91 Å². The number of carbonyl (C=O) groups excluding carboxylic acids is 2. The molecule has 0 radical (unpaired) electrons. The van der Waals surface area contributed by atoms with Crippen molar-refractivity contribution < 1.29 is 14.0 Å². The Hall–Kier alpha value is -3.59. The number of fused-ring (bicyclic) bond motifs is 1. The summed E-state index contributed by atoms with van der Waals surface area (Å²) in [6.45, 7) is 14.7. The van der Waals surface area contributed by atoms with Gasteiger partial charge < -0.3 is 9.80 Å². The lowest BCUT2D eigenvalue weighted by Crippen LogP contribution is -2.51. The van der Waals surface area contributed by atoms with E-state index < -0.39 is 0 Å². The van der Waals surface area contributed by atoms with Gasteiger partial charge in [0.1, 0.15) is 5.82 Å². The van der Waals surface area contributed by atoms with Crippen molar-refractivity contribution in [3.05, 3.63) is 101 Å². The van der Waals surface area contributed by atoms with Crippen LogP contribution in [0.15, 0.2) is 72.8 Å². The molecule has 7 nitrogen and oxygen atoms in total. The van der Waals surface area contributed by atoms with E-state index in [0.717, 1.165) is 75.5 Å². The molecule has 0 atom stereocenters. The molecule has 3 aromatic rings. The van der Waals surface area contributed by atoms with Crippen LogP contribution in [0.25, 0.3) is 0 Å². The third-order valence-electron chi connectivity index (χ3n) is 9.14. The number of hydrogen-bond acceptors (Lipinski definition) is 5. The maximum Gasteiger partial charge on any atom is 0.258 e. The summed E-state index contributed by atoms with van der Waals surface area (Å²) in [5.41, 5.74) is 4.50. The second-order valence-corrected chi connectivity index (χ2v) is 12.7. The SMILES string of the molecule is Cc1cccc2c1N(C(=O)c1ccc(F)cc1)CCCN(Cc1ccccc1)CCCN(C(=O)CN1CCN(C(C)C)CC1)C2. The molecule has 2 aliphatic heterocycles. The Bertz CT molecular complexity index is 1410. The fourth-order valence-electron chi connectivity index (χ4n) is 6.57. The van der Waals surface area contributed by atoms with E-state index in [2.05, 4.69) is 52.8 Å². The van der Waals surface area contributed by atoms with E-state index in [1.807, 2.05) is 41.0 Å². The lowest BCUT2D eigenvalue weighted by atomic mass is 10.0. The maximum atomic E-state index is 14.1. The lowest BCUT2D eigenvalue weighted by Gasteiger charge is -2.37. The van der Waals surface area contributed by atoms with E-state index in [0.29, 0.717) is 37.8 Å². The normalized spacial score (nSPS) is 17.9. The summed E-state index contributed by atoms with van der Waals surface area (Å²) in [5, 5.41) is 0. The molecule has 0 aliphatic carbocycles. The molecule has 0 unspecified atom stereocenters. The third kappa shape index (κ3) is 8.78. The Morgan fingerprint density at radius 2 is 1.44 bits per heavy atom. The molecule has 0 saturated carbocycles. The maximum absolute atomic E-state index is 14.1. The Kier molecular flexibility index (Phi) is 11.4. The molecule has 3 aromatic carbocycles. The summed E-state index contributed by atoms with van der Waals surface area (Å²) in [7, 11) is 0. The predicted octanol–water partition coefficient (Wildman–Crippen LogP) is 5.43. The average molecular weight is 614 g/mol. The third-order valence-corrected chi connectivity index (χ3v) is 9.14. The molecule has 45 heavy (non-hydrogen) atoms. The van der Waals surface area contributed by atoms with Crippen LogP contribution < -0.4 is 4.90 Å². The summed E-state index contributed by atoms with van der Waals surface area (Å²) >= 11 is 0. The standard InChI is InChI=1S/C37H48FN5O2/c1-29(2)41-24-22-40(23-25-41)28-35(44)42-20-8-18-39(26-31-11-5-4-6-12-31)19-9-21-43(36-30(3)10-7-13-33(36)27-42)37(45)32-14-16-34(38)17-15-32/h4-7,10-17,29H,8-9,18-28H2,1-3H3. The topological polar surface area (TPSA) is 50.3 Å². The van der Waals surface area contributed by atoms with Crippen LogP contribution in [-0.4, -0.2) is 96.4 Å². The zero-order valence-corrected chi connectivity index (χ0v) is 27.1. The van der Waals surface area contributed by atoms with Crippen molar-refractivity contribution in [2.75, 3.05) is 63.8 Å². The van der Waals surface area contributed by atoms with Crippen LogP contribution in [0.1, 0.15) is 53.7 Å². The van der Waals surface area contributed by atoms with Crippen molar-refractivity contribution in [2.45, 2.75) is 52.7 Å². The number of amides is 2. The van der Waals surface area contributed by atoms with Crippen LogP contribution in [0.4, 0.5) is 10.1 Å². The Labute approximate surface area is 268 Å². The molecule has 5 rings (SSSR count). The van der Waals surface area contributed by atoms with Gasteiger partial charge in [0.05, 0.1) is 12.2 Å². The smallest absolute Gasteiger partial charge is 0.258 e. The number of piperazine rings is 1. The molecule has 0 spiro atoms. The van der Waals surface area contributed by atoms with Crippen molar-refractivity contribution in [2.24, 2.45) is 0 Å². The van der Waals surface area contributed by atoms with Gasteiger partial charge in [0.2, 0.25) is 5.91 Å². The van der Waals surface area contributed by atoms with Crippen molar-refractivity contribution in [1.82, 2.24) is 19.6 Å². The molecular formula is C37H48FN5O2. The number of halogens is 1. The molecule has 0 aromatic heterocycles. The van der Waals surface area contributed by atoms with Crippen LogP contribution in [0.5, 0.6) is 0 Å². The van der Waals surface area contributed by atoms with Crippen molar-refractivity contribution in [3.63, 3.8) is 0 Å². The van der Waals surface area contributed by atoms with Gasteiger partial charge in [-0.1, -0.05) is 48.5 Å². The summed E-state index contributed by atoms with van der Waals surface area (Å²) in [6, 6.07) is 22.8. The molecule has 240 valence electrons. The molecule has 2 heterocycles. The van der Waals surface area contributed by atoms with Gasteiger partial charge in [-0.25, -0.2) is 4.39 Å². The van der Waals surface area contributed by atoms with Gasteiger partial charge in [-0.3, -0.25) is 24.3 Å². The van der Waals surface area contributed by atoms with E-state index in [1.165, 1.54) is 17.7 Å². The van der Waals surface area contributed by atoms with E-state index in [-0.39, 0.29) is 17.6 Å². The zero-order chi connectivity index (χ0) is 31.8. The van der Waals surface area contributed by atoms with Crippen LogP contribution in [0.3, 0.4) is 0 Å². The van der Waals surface area contributed by atoms with Gasteiger partial charge in [-0.2, -0.15) is 0 Å². The molecule has 0 bridgehead atoms. The van der Waals surface area contributed by atoms with Gasteiger partial charge in [0, 0.05) is 77.1 Å². The predicted molar refractivity (Wildman–Crippen MR) is 179 cm³/mol. The molecule has 2 amide bonds. The average Bonchev–Trinajstić information content (AvgIpc) is 3.03. The highest BCUT2D eigenvalue weighted by Gasteiger charge is 2.27. The van der Waals surface area contributed by atoms with Gasteiger partial charge in [-0.05, 0) is 74.6 Å². The number of para-hydroxylation sites is 1. The molecule has 2 aliphatic rings. The van der Waals surface area contributed by atoms with E-state index >= 15 is 0 Å². The molecule has 0 N–H and O–H groups in total. The van der Waals surface area contributed by atoms with Crippen LogP contribution in [0, 0.1) is 12.7 Å². The Morgan fingerprint density at radius 3 is 2.13 bits per heavy atom. The van der Waals surface area contributed by atoms with Gasteiger partial charge >= 0.3 is 0 Å². The minimum Gasteiger partial charge on any atom is -0.337 e. The van der Waals surface area contributed by atoms with Gasteiger partial charge in [-0.15, -0.1) is 0 Å². The quantitative estimate of drug-likeness (QED) is 0.371. The number of anilines is 1. The highest BCUT2D eigenvalue weighted by atomic mass is 19.1. The fourth-order valence-corrected chi connectivity index (χ4v) is 6.57. The highest BCUT2D eigenvalue weighted by molar-refractivity contribution is 6.07. The first kappa shape index (κ1) is 32.8. The lowest BCUT2D eigenvalue weighted by molar-refractivity contribution is -0.133. The first-order chi connectivity index (χ1) is 21.8. The van der Waals surface area contributed by atoms with Crippen LogP contribution in [0.2, 0.25) is 0 Å². The van der Waals surface area contributed by atoms with Crippen molar-refractivity contribution in [3.8, 4) is 0 Å². The fraction of sp³-hybridized carbons (Fsp3) is 0.459. The van der Waals surface area contributed by atoms with Gasteiger partial charge in [0.15, 0.2) is 0 Å². The summed E-state index contributed by atoms with van der Waals surface area (Å²) in [4.78, 5) is 39.1. The molecular weight excluding hydrogens is 565 g/mol.